The van der Waals surface area contributed by atoms with Gasteiger partial charge < -0.3 is 20.7 Å². The largest absolute Gasteiger partial charge is 0.489 e. The van der Waals surface area contributed by atoms with E-state index in [1.165, 1.54) is 11.8 Å². The maximum absolute atomic E-state index is 13.8. The summed E-state index contributed by atoms with van der Waals surface area (Å²) in [6.07, 6.45) is 1.62. The van der Waals surface area contributed by atoms with Gasteiger partial charge in [-0.3, -0.25) is 14.4 Å². The first-order valence-corrected chi connectivity index (χ1v) is 18.1. The lowest BCUT2D eigenvalue weighted by atomic mass is 10.1. The number of anilines is 2. The first-order chi connectivity index (χ1) is 25.4. The minimum Gasteiger partial charge on any atom is -0.489 e. The molecule has 0 spiro atoms. The van der Waals surface area contributed by atoms with Gasteiger partial charge in [0.15, 0.2) is 0 Å². The van der Waals surface area contributed by atoms with Crippen LogP contribution in [0, 0.1) is 0 Å². The summed E-state index contributed by atoms with van der Waals surface area (Å²) in [7, 11) is 0. The van der Waals surface area contributed by atoms with E-state index >= 15 is 0 Å². The molecule has 6 aromatic rings. The van der Waals surface area contributed by atoms with Crippen molar-refractivity contribution >= 4 is 62.9 Å². The van der Waals surface area contributed by atoms with E-state index in [4.69, 9.17) is 4.74 Å². The van der Waals surface area contributed by atoms with Crippen molar-refractivity contribution in [1.29, 1.82) is 0 Å². The van der Waals surface area contributed by atoms with Crippen LogP contribution < -0.4 is 20.7 Å². The summed E-state index contributed by atoms with van der Waals surface area (Å²) < 4.78 is 6.70. The van der Waals surface area contributed by atoms with E-state index in [0.29, 0.717) is 34.9 Å². The number of rotatable bonds is 13. The summed E-state index contributed by atoms with van der Waals surface area (Å²) in [4.78, 5) is 41.4. The zero-order chi connectivity index (χ0) is 36.1. The lowest BCUT2D eigenvalue weighted by Gasteiger charge is -2.18. The fraction of sp³-hybridized carbons (Fsp3) is 0.0465. The molecule has 6 rings (SSSR count). The molecule has 1 atom stereocenters. The van der Waals surface area contributed by atoms with Gasteiger partial charge in [-0.2, -0.15) is 0 Å². The predicted molar refractivity (Wildman–Crippen MR) is 212 cm³/mol. The number of carbonyl (C=O) groups is 3. The normalized spacial score (nSPS) is 11.6. The molecule has 0 aliphatic carbocycles. The highest BCUT2D eigenvalue weighted by atomic mass is 79.9. The molecule has 0 aromatic heterocycles. The zero-order valence-corrected chi connectivity index (χ0v) is 30.3. The lowest BCUT2D eigenvalue weighted by molar-refractivity contribution is -0.116. The molecule has 258 valence electrons. The molecule has 0 heterocycles. The Kier molecular flexibility index (Phi) is 12.3. The predicted octanol–water partition coefficient (Wildman–Crippen LogP) is 9.91. The van der Waals surface area contributed by atoms with E-state index in [-0.39, 0.29) is 11.6 Å². The first-order valence-electron chi connectivity index (χ1n) is 16.4. The van der Waals surface area contributed by atoms with Crippen LogP contribution >= 0.6 is 27.7 Å². The molecule has 0 aliphatic heterocycles. The van der Waals surface area contributed by atoms with Crippen LogP contribution in [0.2, 0.25) is 0 Å². The third kappa shape index (κ3) is 10.1. The Bertz CT molecular complexity index is 2160. The molecule has 9 heteroatoms. The second kappa shape index (κ2) is 17.8. The Labute approximate surface area is 315 Å². The number of ether oxygens (including phenoxy) is 1. The molecule has 0 aliphatic rings. The van der Waals surface area contributed by atoms with Crippen LogP contribution in [0.1, 0.15) is 32.3 Å². The molecule has 0 saturated carbocycles. The summed E-state index contributed by atoms with van der Waals surface area (Å²) in [5.74, 6) is -0.450. The number of halogens is 1. The Balaban J connectivity index is 1.21. The summed E-state index contributed by atoms with van der Waals surface area (Å²) in [6, 6.07) is 50.1. The first kappa shape index (κ1) is 35.9. The Morgan fingerprint density at radius 3 is 2.06 bits per heavy atom. The topological polar surface area (TPSA) is 96.5 Å². The number of hydrogen-bond acceptors (Lipinski definition) is 5. The highest BCUT2D eigenvalue weighted by molar-refractivity contribution is 9.10. The molecule has 3 amide bonds. The fourth-order valence-electron chi connectivity index (χ4n) is 5.15. The molecule has 1 unspecified atom stereocenters. The minimum absolute atomic E-state index is 0.0554. The maximum Gasteiger partial charge on any atom is 0.272 e. The van der Waals surface area contributed by atoms with Crippen LogP contribution in [0.25, 0.3) is 6.08 Å². The summed E-state index contributed by atoms with van der Waals surface area (Å²) in [5.41, 5.74) is 4.21. The highest BCUT2D eigenvalue weighted by Gasteiger charge is 2.23. The number of benzene rings is 6. The molecule has 7 nitrogen and oxygen atoms in total. The van der Waals surface area contributed by atoms with Crippen LogP contribution in [0.3, 0.4) is 0 Å². The molecule has 3 N–H and O–H groups in total. The van der Waals surface area contributed by atoms with Crippen molar-refractivity contribution in [3.63, 3.8) is 0 Å². The van der Waals surface area contributed by atoms with E-state index < -0.39 is 17.1 Å². The van der Waals surface area contributed by atoms with Crippen molar-refractivity contribution in [3.8, 4) is 5.75 Å². The van der Waals surface area contributed by atoms with Gasteiger partial charge in [-0.15, -0.1) is 11.8 Å². The van der Waals surface area contributed by atoms with Gasteiger partial charge in [0.2, 0.25) is 5.91 Å². The monoisotopic (exact) mass is 767 g/mol. The fourth-order valence-corrected chi connectivity index (χ4v) is 6.62. The van der Waals surface area contributed by atoms with Gasteiger partial charge in [0.05, 0.1) is 5.69 Å². The molecule has 0 saturated heterocycles. The van der Waals surface area contributed by atoms with Crippen LogP contribution in [-0.2, 0) is 16.2 Å². The average Bonchev–Trinajstić information content (AvgIpc) is 3.18. The van der Waals surface area contributed by atoms with Gasteiger partial charge in [0.1, 0.15) is 23.3 Å². The molecular weight excluding hydrogens is 734 g/mol. The third-order valence-corrected chi connectivity index (χ3v) is 9.73. The molecule has 6 aromatic carbocycles. The SMILES string of the molecule is O=C(Nc1cccc(SC(C(=O)Nc2ccccc2Br)c2ccccc2)c1)/C(=C/c1ccc(OCc2ccccc2)cc1)NC(=O)c1ccccc1. The van der Waals surface area contributed by atoms with Crippen molar-refractivity contribution in [2.24, 2.45) is 0 Å². The van der Waals surface area contributed by atoms with Crippen molar-refractivity contribution < 1.29 is 19.1 Å². The Morgan fingerprint density at radius 1 is 0.692 bits per heavy atom. The highest BCUT2D eigenvalue weighted by Crippen LogP contribution is 2.38. The van der Waals surface area contributed by atoms with Crippen molar-refractivity contribution in [2.75, 3.05) is 10.6 Å². The smallest absolute Gasteiger partial charge is 0.272 e. The quantitative estimate of drug-likeness (QED) is 0.0804. The van der Waals surface area contributed by atoms with E-state index in [1.807, 2.05) is 127 Å². The summed E-state index contributed by atoms with van der Waals surface area (Å²) >= 11 is 4.87. The van der Waals surface area contributed by atoms with Gasteiger partial charge in [0.25, 0.3) is 11.8 Å². The van der Waals surface area contributed by atoms with Gasteiger partial charge >= 0.3 is 0 Å². The number of hydrogen-bond donors (Lipinski definition) is 3. The van der Waals surface area contributed by atoms with E-state index in [9.17, 15) is 14.4 Å². The Hall–Kier alpha value is -5.90. The van der Waals surface area contributed by atoms with Gasteiger partial charge in [0, 0.05) is 20.6 Å². The van der Waals surface area contributed by atoms with Gasteiger partial charge in [-0.05, 0) is 93.3 Å². The molecular formula is C43H34BrN3O4S. The maximum atomic E-state index is 13.8. The van der Waals surface area contributed by atoms with Crippen LogP contribution in [0.15, 0.2) is 179 Å². The van der Waals surface area contributed by atoms with Crippen LogP contribution in [0.5, 0.6) is 5.75 Å². The summed E-state index contributed by atoms with van der Waals surface area (Å²) in [6.45, 7) is 0.426. The second-order valence-electron chi connectivity index (χ2n) is 11.6. The molecule has 52 heavy (non-hydrogen) atoms. The van der Waals surface area contributed by atoms with E-state index in [0.717, 1.165) is 20.5 Å². The average molecular weight is 769 g/mol. The standard InChI is InChI=1S/C43H34BrN3O4S/c44-37-21-10-11-22-38(37)46-43(50)40(32-15-6-2-7-16-32)52-36-20-12-19-34(28-36)45-42(49)39(47-41(48)33-17-8-3-9-18-33)27-30-23-25-35(26-24-30)51-29-31-13-4-1-5-14-31/h1-28,40H,29H2,(H,45,49)(H,46,50)(H,47,48)/b39-27-. The van der Waals surface area contributed by atoms with Crippen LogP contribution in [0.4, 0.5) is 11.4 Å². The van der Waals surface area contributed by atoms with E-state index in [1.54, 1.807) is 42.5 Å². The van der Waals surface area contributed by atoms with Gasteiger partial charge in [-0.1, -0.05) is 109 Å². The lowest BCUT2D eigenvalue weighted by Crippen LogP contribution is -2.30. The number of amides is 3. The van der Waals surface area contributed by atoms with Crippen molar-refractivity contribution in [3.05, 3.63) is 196 Å². The second-order valence-corrected chi connectivity index (χ2v) is 13.6. The van der Waals surface area contributed by atoms with Gasteiger partial charge in [-0.25, -0.2) is 0 Å². The summed E-state index contributed by atoms with van der Waals surface area (Å²) in [5, 5.41) is 8.17. The number of carbonyl (C=O) groups excluding carboxylic acids is 3. The van der Waals surface area contributed by atoms with Crippen LogP contribution in [-0.4, -0.2) is 17.7 Å². The number of nitrogens with one attached hydrogen (secondary N) is 3. The minimum atomic E-state index is -0.584. The zero-order valence-electron chi connectivity index (χ0n) is 27.9. The third-order valence-electron chi connectivity index (χ3n) is 7.79. The molecule has 0 radical (unpaired) electrons. The van der Waals surface area contributed by atoms with Crippen molar-refractivity contribution in [1.82, 2.24) is 5.32 Å². The number of para-hydroxylation sites is 1. The molecule has 0 fully saturated rings. The Morgan fingerprint density at radius 2 is 1.35 bits per heavy atom. The van der Waals surface area contributed by atoms with E-state index in [2.05, 4.69) is 31.9 Å². The number of thioether (sulfide) groups is 1. The van der Waals surface area contributed by atoms with Crippen molar-refractivity contribution in [2.45, 2.75) is 16.8 Å². The molecule has 0 bridgehead atoms.